The Bertz CT molecular complexity index is 707. The monoisotopic (exact) mass is 340 g/mol. The van der Waals surface area contributed by atoms with Gasteiger partial charge >= 0.3 is 0 Å². The van der Waals surface area contributed by atoms with Gasteiger partial charge in [0.05, 0.1) is 19.8 Å². The molecular weight excluding hydrogens is 316 g/mol. The number of benzene rings is 2. The van der Waals surface area contributed by atoms with E-state index in [4.69, 9.17) is 9.47 Å². The van der Waals surface area contributed by atoms with Crippen LogP contribution in [-0.2, 0) is 6.54 Å². The maximum atomic E-state index is 12.7. The van der Waals surface area contributed by atoms with Crippen molar-refractivity contribution >= 4 is 5.91 Å². The van der Waals surface area contributed by atoms with E-state index in [9.17, 15) is 4.79 Å². The number of para-hydroxylation sites is 1. The molecule has 0 spiro atoms. The Labute approximate surface area is 148 Å². The fourth-order valence-electron chi connectivity index (χ4n) is 3.09. The minimum Gasteiger partial charge on any atom is -0.497 e. The summed E-state index contributed by atoms with van der Waals surface area (Å²) in [6, 6.07) is 15.5. The Morgan fingerprint density at radius 3 is 2.24 bits per heavy atom. The second-order valence-corrected chi connectivity index (χ2v) is 6.12. The van der Waals surface area contributed by atoms with Crippen LogP contribution in [0.5, 0.6) is 11.5 Å². The molecular formula is C20H24N2O3. The highest BCUT2D eigenvalue weighted by Gasteiger charge is 2.24. The van der Waals surface area contributed by atoms with Crippen LogP contribution in [0.15, 0.2) is 48.5 Å². The lowest BCUT2D eigenvalue weighted by Crippen LogP contribution is -2.48. The second-order valence-electron chi connectivity index (χ2n) is 6.12. The lowest BCUT2D eigenvalue weighted by molar-refractivity contribution is 0.0625. The summed E-state index contributed by atoms with van der Waals surface area (Å²) in [6.07, 6.45) is 0. The number of rotatable bonds is 5. The Morgan fingerprint density at radius 1 is 0.920 bits per heavy atom. The van der Waals surface area contributed by atoms with Gasteiger partial charge in [-0.25, -0.2) is 0 Å². The molecule has 2 aromatic rings. The lowest BCUT2D eigenvalue weighted by atomic mass is 10.1. The molecule has 0 bridgehead atoms. The molecule has 132 valence electrons. The number of amides is 1. The molecule has 1 amide bonds. The predicted octanol–water partition coefficient (Wildman–Crippen LogP) is 2.66. The average molecular weight is 340 g/mol. The van der Waals surface area contributed by atoms with Crippen LogP contribution in [0.25, 0.3) is 0 Å². The van der Waals surface area contributed by atoms with Crippen LogP contribution in [0.2, 0.25) is 0 Å². The summed E-state index contributed by atoms with van der Waals surface area (Å²) in [5.74, 6) is 1.55. The largest absolute Gasteiger partial charge is 0.497 e. The molecule has 0 saturated carbocycles. The molecule has 3 rings (SSSR count). The first-order chi connectivity index (χ1) is 12.2. The van der Waals surface area contributed by atoms with Crippen molar-refractivity contribution in [3.05, 3.63) is 59.7 Å². The van der Waals surface area contributed by atoms with E-state index >= 15 is 0 Å². The number of carbonyl (C=O) groups excluding carboxylic acids is 1. The minimum atomic E-state index is 0.0431. The molecule has 1 saturated heterocycles. The number of carbonyl (C=O) groups is 1. The van der Waals surface area contributed by atoms with Crippen LogP contribution in [0.4, 0.5) is 0 Å². The molecule has 1 aliphatic rings. The average Bonchev–Trinajstić information content (AvgIpc) is 2.68. The molecule has 0 N–H and O–H groups in total. The van der Waals surface area contributed by atoms with Crippen molar-refractivity contribution in [2.45, 2.75) is 6.54 Å². The van der Waals surface area contributed by atoms with Crippen molar-refractivity contribution in [3.8, 4) is 11.5 Å². The summed E-state index contributed by atoms with van der Waals surface area (Å²) in [4.78, 5) is 17.0. The van der Waals surface area contributed by atoms with Gasteiger partial charge in [-0.15, -0.1) is 0 Å². The molecule has 1 heterocycles. The highest BCUT2D eigenvalue weighted by molar-refractivity contribution is 5.97. The Hall–Kier alpha value is -2.53. The summed E-state index contributed by atoms with van der Waals surface area (Å²) in [7, 11) is 3.27. The summed E-state index contributed by atoms with van der Waals surface area (Å²) < 4.78 is 10.5. The first-order valence-corrected chi connectivity index (χ1v) is 8.49. The van der Waals surface area contributed by atoms with Crippen molar-refractivity contribution in [2.24, 2.45) is 0 Å². The molecule has 0 atom stereocenters. The maximum Gasteiger partial charge on any atom is 0.257 e. The molecule has 25 heavy (non-hydrogen) atoms. The van der Waals surface area contributed by atoms with Crippen molar-refractivity contribution in [1.82, 2.24) is 9.80 Å². The fourth-order valence-corrected chi connectivity index (χ4v) is 3.09. The molecule has 1 aliphatic heterocycles. The third-order valence-electron chi connectivity index (χ3n) is 4.56. The van der Waals surface area contributed by atoms with Gasteiger partial charge < -0.3 is 14.4 Å². The summed E-state index contributed by atoms with van der Waals surface area (Å²) in [5.41, 5.74) is 1.89. The van der Waals surface area contributed by atoms with Crippen LogP contribution in [0.3, 0.4) is 0 Å². The van der Waals surface area contributed by atoms with Gasteiger partial charge in [0.1, 0.15) is 11.5 Å². The van der Waals surface area contributed by atoms with E-state index in [0.29, 0.717) is 11.3 Å². The van der Waals surface area contributed by atoms with Gasteiger partial charge in [0, 0.05) is 32.7 Å². The van der Waals surface area contributed by atoms with Crippen molar-refractivity contribution in [2.75, 3.05) is 40.4 Å². The molecule has 0 aliphatic carbocycles. The third-order valence-corrected chi connectivity index (χ3v) is 4.56. The quantitative estimate of drug-likeness (QED) is 0.839. The highest BCUT2D eigenvalue weighted by atomic mass is 16.5. The van der Waals surface area contributed by atoms with Crippen LogP contribution >= 0.6 is 0 Å². The normalized spacial score (nSPS) is 15.0. The third kappa shape index (κ3) is 4.12. The number of nitrogens with zero attached hydrogens (tertiary/aromatic N) is 2. The molecule has 0 unspecified atom stereocenters. The first-order valence-electron chi connectivity index (χ1n) is 8.49. The van der Waals surface area contributed by atoms with E-state index in [2.05, 4.69) is 17.0 Å². The smallest absolute Gasteiger partial charge is 0.257 e. The van der Waals surface area contributed by atoms with E-state index in [1.165, 1.54) is 5.56 Å². The molecule has 0 aromatic heterocycles. The maximum absolute atomic E-state index is 12.7. The molecule has 0 radical (unpaired) electrons. The zero-order valence-corrected chi connectivity index (χ0v) is 14.8. The van der Waals surface area contributed by atoms with Crippen LogP contribution in [-0.4, -0.2) is 56.1 Å². The van der Waals surface area contributed by atoms with E-state index in [1.54, 1.807) is 14.2 Å². The van der Waals surface area contributed by atoms with Crippen LogP contribution < -0.4 is 9.47 Å². The molecule has 5 heteroatoms. The SMILES string of the molecule is COc1ccc(CN2CCN(C(=O)c3ccccc3OC)CC2)cc1. The van der Waals surface area contributed by atoms with Gasteiger partial charge in [-0.2, -0.15) is 0 Å². The number of ether oxygens (including phenoxy) is 2. The van der Waals surface area contributed by atoms with E-state index in [1.807, 2.05) is 41.3 Å². The van der Waals surface area contributed by atoms with Gasteiger partial charge in [0.25, 0.3) is 5.91 Å². The Morgan fingerprint density at radius 2 is 1.60 bits per heavy atom. The summed E-state index contributed by atoms with van der Waals surface area (Å²) >= 11 is 0. The number of methoxy groups -OCH3 is 2. The van der Waals surface area contributed by atoms with Crippen molar-refractivity contribution in [1.29, 1.82) is 0 Å². The number of hydrogen-bond acceptors (Lipinski definition) is 4. The molecule has 2 aromatic carbocycles. The number of piperazine rings is 1. The standard InChI is InChI=1S/C20H24N2O3/c1-24-17-9-7-16(8-10-17)15-21-11-13-22(14-12-21)20(23)18-5-3-4-6-19(18)25-2/h3-10H,11-15H2,1-2H3. The van der Waals surface area contributed by atoms with Crippen molar-refractivity contribution < 1.29 is 14.3 Å². The van der Waals surface area contributed by atoms with Gasteiger partial charge in [-0.05, 0) is 29.8 Å². The van der Waals surface area contributed by atoms with Crippen LogP contribution in [0, 0.1) is 0 Å². The number of hydrogen-bond donors (Lipinski definition) is 0. The van der Waals surface area contributed by atoms with Gasteiger partial charge in [0.2, 0.25) is 0 Å². The topological polar surface area (TPSA) is 42.0 Å². The first kappa shape index (κ1) is 17.3. The van der Waals surface area contributed by atoms with E-state index in [-0.39, 0.29) is 5.91 Å². The zero-order valence-electron chi connectivity index (χ0n) is 14.8. The van der Waals surface area contributed by atoms with E-state index < -0.39 is 0 Å². The fraction of sp³-hybridized carbons (Fsp3) is 0.350. The highest BCUT2D eigenvalue weighted by Crippen LogP contribution is 2.20. The zero-order chi connectivity index (χ0) is 17.6. The van der Waals surface area contributed by atoms with Gasteiger partial charge in [0.15, 0.2) is 0 Å². The minimum absolute atomic E-state index is 0.0431. The van der Waals surface area contributed by atoms with Gasteiger partial charge in [-0.1, -0.05) is 24.3 Å². The molecule has 5 nitrogen and oxygen atoms in total. The predicted molar refractivity (Wildman–Crippen MR) is 97.2 cm³/mol. The summed E-state index contributed by atoms with van der Waals surface area (Å²) in [6.45, 7) is 4.08. The van der Waals surface area contributed by atoms with Crippen molar-refractivity contribution in [3.63, 3.8) is 0 Å². The second kappa shape index (κ2) is 8.03. The molecule has 1 fully saturated rings. The summed E-state index contributed by atoms with van der Waals surface area (Å²) in [5, 5.41) is 0. The van der Waals surface area contributed by atoms with Crippen LogP contribution in [0.1, 0.15) is 15.9 Å². The Kier molecular flexibility index (Phi) is 5.56. The van der Waals surface area contributed by atoms with E-state index in [0.717, 1.165) is 38.5 Å². The van der Waals surface area contributed by atoms with Gasteiger partial charge in [-0.3, -0.25) is 9.69 Å². The lowest BCUT2D eigenvalue weighted by Gasteiger charge is -2.35. The Balaban J connectivity index is 1.56.